The van der Waals surface area contributed by atoms with Gasteiger partial charge in [0.2, 0.25) is 0 Å². The average molecular weight is 378 g/mol. The quantitative estimate of drug-likeness (QED) is 0.588. The molecule has 5 rings (SSSR count). The number of rotatable bonds is 3. The number of piperidine rings is 1. The molecule has 1 N–H and O–H groups in total. The second kappa shape index (κ2) is 6.66. The zero-order valence-electron chi connectivity index (χ0n) is 14.6. The molecular weight excluding hydrogens is 360 g/mol. The largest absolute Gasteiger partial charge is 0.467 e. The highest BCUT2D eigenvalue weighted by molar-refractivity contribution is 7.20. The topological polar surface area (TPSA) is 71.1 Å². The number of hydrogen-bond donors (Lipinski definition) is 1. The van der Waals surface area contributed by atoms with Crippen LogP contribution in [-0.2, 0) is 0 Å². The molecule has 0 spiro atoms. The van der Waals surface area contributed by atoms with Crippen LogP contribution in [0.4, 0.5) is 0 Å². The van der Waals surface area contributed by atoms with E-state index in [-0.39, 0.29) is 12.0 Å². The number of para-hydroxylation sites is 1. The van der Waals surface area contributed by atoms with E-state index in [2.05, 4.69) is 21.0 Å². The molecule has 0 bridgehead atoms. The first-order valence-electron chi connectivity index (χ1n) is 9.01. The van der Waals surface area contributed by atoms with Gasteiger partial charge in [0.1, 0.15) is 6.10 Å². The molecule has 2 aromatic carbocycles. The van der Waals surface area contributed by atoms with Crippen LogP contribution in [0.1, 0.15) is 23.2 Å². The Hall–Kier alpha value is -2.93. The number of imidazole rings is 1. The summed E-state index contributed by atoms with van der Waals surface area (Å²) in [5.74, 6) is 0.0601. The molecular formula is C20H18N4O2S. The number of thiazole rings is 1. The number of aromatic amines is 1. The van der Waals surface area contributed by atoms with E-state index in [1.807, 2.05) is 41.3 Å². The Morgan fingerprint density at radius 2 is 2.00 bits per heavy atom. The van der Waals surface area contributed by atoms with Crippen molar-refractivity contribution < 1.29 is 9.53 Å². The Balaban J connectivity index is 1.23. The van der Waals surface area contributed by atoms with Crippen molar-refractivity contribution >= 4 is 38.5 Å². The van der Waals surface area contributed by atoms with Gasteiger partial charge in [0.15, 0.2) is 0 Å². The first-order chi connectivity index (χ1) is 13.3. The number of aromatic nitrogens is 3. The fraction of sp³-hybridized carbons (Fsp3) is 0.250. The standard InChI is InChI=1S/C20H18N4O2S/c25-19(13-5-6-15-17(11-13)22-12-21-15)24-9-7-14(8-10-24)26-20-23-16-3-1-2-4-18(16)27-20/h1-6,11-12,14H,7-10H2,(H,21,22). The zero-order valence-corrected chi connectivity index (χ0v) is 15.4. The van der Waals surface area contributed by atoms with Crippen molar-refractivity contribution in [3.8, 4) is 5.19 Å². The van der Waals surface area contributed by atoms with Crippen LogP contribution in [0.15, 0.2) is 48.8 Å². The van der Waals surface area contributed by atoms with Crippen molar-refractivity contribution in [3.63, 3.8) is 0 Å². The molecule has 1 amide bonds. The van der Waals surface area contributed by atoms with Gasteiger partial charge in [-0.1, -0.05) is 23.5 Å². The highest BCUT2D eigenvalue weighted by Gasteiger charge is 2.25. The summed E-state index contributed by atoms with van der Waals surface area (Å²) in [6, 6.07) is 13.6. The molecule has 1 fully saturated rings. The third-order valence-corrected chi connectivity index (χ3v) is 5.87. The molecule has 136 valence electrons. The van der Waals surface area contributed by atoms with Crippen LogP contribution in [0.2, 0.25) is 0 Å². The van der Waals surface area contributed by atoms with E-state index in [0.717, 1.165) is 34.1 Å². The maximum atomic E-state index is 12.8. The summed E-state index contributed by atoms with van der Waals surface area (Å²) in [7, 11) is 0. The summed E-state index contributed by atoms with van der Waals surface area (Å²) in [5.41, 5.74) is 3.42. The zero-order chi connectivity index (χ0) is 18.2. The first-order valence-corrected chi connectivity index (χ1v) is 9.82. The molecule has 3 heterocycles. The second-order valence-electron chi connectivity index (χ2n) is 6.69. The van der Waals surface area contributed by atoms with E-state index in [9.17, 15) is 4.79 Å². The van der Waals surface area contributed by atoms with E-state index in [0.29, 0.717) is 23.8 Å². The van der Waals surface area contributed by atoms with Gasteiger partial charge in [-0.25, -0.2) is 9.97 Å². The maximum Gasteiger partial charge on any atom is 0.274 e. The molecule has 0 radical (unpaired) electrons. The molecule has 0 atom stereocenters. The van der Waals surface area contributed by atoms with Gasteiger partial charge in [0.05, 0.1) is 27.6 Å². The summed E-state index contributed by atoms with van der Waals surface area (Å²) in [4.78, 5) is 26.5. The molecule has 0 saturated carbocycles. The molecule has 1 aliphatic heterocycles. The van der Waals surface area contributed by atoms with Gasteiger partial charge in [-0.2, -0.15) is 0 Å². The summed E-state index contributed by atoms with van der Waals surface area (Å²) < 4.78 is 7.21. The van der Waals surface area contributed by atoms with Gasteiger partial charge in [0, 0.05) is 31.5 Å². The number of nitrogens with zero attached hydrogens (tertiary/aromatic N) is 3. The van der Waals surface area contributed by atoms with Crippen LogP contribution < -0.4 is 4.74 Å². The van der Waals surface area contributed by atoms with E-state index < -0.39 is 0 Å². The minimum atomic E-state index is 0.0601. The molecule has 4 aromatic rings. The van der Waals surface area contributed by atoms with E-state index in [4.69, 9.17) is 4.74 Å². The SMILES string of the molecule is O=C(c1ccc2nc[nH]c2c1)N1CCC(Oc2nc3ccccc3s2)CC1. The van der Waals surface area contributed by atoms with Gasteiger partial charge in [-0.15, -0.1) is 0 Å². The highest BCUT2D eigenvalue weighted by Crippen LogP contribution is 2.29. The number of ether oxygens (including phenoxy) is 1. The van der Waals surface area contributed by atoms with Crippen molar-refractivity contribution in [2.75, 3.05) is 13.1 Å². The number of carbonyl (C=O) groups excluding carboxylic acids is 1. The normalized spacial score (nSPS) is 15.5. The molecule has 0 aliphatic carbocycles. The number of likely N-dealkylation sites (tertiary alicyclic amines) is 1. The number of H-pyrrole nitrogens is 1. The Bertz CT molecular complexity index is 1080. The summed E-state index contributed by atoms with van der Waals surface area (Å²) in [6.07, 6.45) is 3.37. The van der Waals surface area contributed by atoms with Crippen molar-refractivity contribution in [1.29, 1.82) is 0 Å². The van der Waals surface area contributed by atoms with Gasteiger partial charge in [-0.3, -0.25) is 4.79 Å². The summed E-state index contributed by atoms with van der Waals surface area (Å²) in [5, 5.41) is 0.714. The lowest BCUT2D eigenvalue weighted by molar-refractivity contribution is 0.0595. The lowest BCUT2D eigenvalue weighted by atomic mass is 10.1. The third-order valence-electron chi connectivity index (χ3n) is 4.94. The summed E-state index contributed by atoms with van der Waals surface area (Å²) in [6.45, 7) is 1.38. The van der Waals surface area contributed by atoms with Crippen LogP contribution in [0, 0.1) is 0 Å². The van der Waals surface area contributed by atoms with Gasteiger partial charge in [0.25, 0.3) is 11.1 Å². The van der Waals surface area contributed by atoms with Gasteiger partial charge < -0.3 is 14.6 Å². The molecule has 1 saturated heterocycles. The molecule has 0 unspecified atom stereocenters. The smallest absolute Gasteiger partial charge is 0.274 e. The number of carbonyl (C=O) groups is 1. The van der Waals surface area contributed by atoms with Crippen LogP contribution in [0.3, 0.4) is 0 Å². The number of nitrogens with one attached hydrogen (secondary N) is 1. The van der Waals surface area contributed by atoms with Crippen molar-refractivity contribution in [1.82, 2.24) is 19.9 Å². The number of benzene rings is 2. The third kappa shape index (κ3) is 3.14. The fourth-order valence-corrected chi connectivity index (χ4v) is 4.35. The predicted molar refractivity (Wildman–Crippen MR) is 105 cm³/mol. The average Bonchev–Trinajstić information content (AvgIpc) is 3.33. The fourth-order valence-electron chi connectivity index (χ4n) is 3.47. The van der Waals surface area contributed by atoms with E-state index >= 15 is 0 Å². The van der Waals surface area contributed by atoms with Crippen molar-refractivity contribution in [2.24, 2.45) is 0 Å². The van der Waals surface area contributed by atoms with Gasteiger partial charge >= 0.3 is 0 Å². The van der Waals surface area contributed by atoms with E-state index in [1.54, 1.807) is 17.7 Å². The summed E-state index contributed by atoms with van der Waals surface area (Å²) >= 11 is 1.57. The van der Waals surface area contributed by atoms with Gasteiger partial charge in [-0.05, 0) is 30.3 Å². The highest BCUT2D eigenvalue weighted by atomic mass is 32.1. The van der Waals surface area contributed by atoms with E-state index in [1.165, 1.54) is 0 Å². The van der Waals surface area contributed by atoms with Crippen molar-refractivity contribution in [3.05, 3.63) is 54.4 Å². The molecule has 27 heavy (non-hydrogen) atoms. The Kier molecular flexibility index (Phi) is 4.01. The van der Waals surface area contributed by atoms with Crippen LogP contribution >= 0.6 is 11.3 Å². The maximum absolute atomic E-state index is 12.8. The number of fused-ring (bicyclic) bond motifs is 2. The molecule has 1 aliphatic rings. The lowest BCUT2D eigenvalue weighted by Gasteiger charge is -2.31. The molecule has 6 nitrogen and oxygen atoms in total. The van der Waals surface area contributed by atoms with Crippen LogP contribution in [0.25, 0.3) is 21.3 Å². The predicted octanol–water partition coefficient (Wildman–Crippen LogP) is 3.86. The second-order valence-corrected chi connectivity index (χ2v) is 7.68. The lowest BCUT2D eigenvalue weighted by Crippen LogP contribution is -2.41. The monoisotopic (exact) mass is 378 g/mol. The Morgan fingerprint density at radius 3 is 2.85 bits per heavy atom. The van der Waals surface area contributed by atoms with Crippen molar-refractivity contribution in [2.45, 2.75) is 18.9 Å². The molecule has 7 heteroatoms. The number of hydrogen-bond acceptors (Lipinski definition) is 5. The Morgan fingerprint density at radius 1 is 1.15 bits per heavy atom. The molecule has 2 aromatic heterocycles. The first kappa shape index (κ1) is 16.3. The Labute approximate surface area is 159 Å². The van der Waals surface area contributed by atoms with Crippen LogP contribution in [0.5, 0.6) is 5.19 Å². The number of amides is 1. The minimum Gasteiger partial charge on any atom is -0.467 e. The van der Waals surface area contributed by atoms with Crippen LogP contribution in [-0.4, -0.2) is 45.0 Å². The minimum absolute atomic E-state index is 0.0601.